The molecule has 130 valence electrons. The molecule has 0 unspecified atom stereocenters. The van der Waals surface area contributed by atoms with Crippen LogP contribution in [0.25, 0.3) is 0 Å². The maximum Gasteiger partial charge on any atom is 0.227 e. The largest absolute Gasteiger partial charge is 0.496 e. The topological polar surface area (TPSA) is 82.8 Å². The minimum atomic E-state index is -0.487. The van der Waals surface area contributed by atoms with Gasteiger partial charge in [0.2, 0.25) is 5.91 Å². The van der Waals surface area contributed by atoms with Crippen LogP contribution in [0.1, 0.15) is 26.7 Å². The lowest BCUT2D eigenvalue weighted by atomic mass is 9.81. The highest BCUT2D eigenvalue weighted by Gasteiger charge is 2.32. The SMILES string of the molecule is CCC(CC)(CN)C(=O)NCCOc1cc(OC)cc(OC)c1. The normalized spacial score (nSPS) is 11.0. The molecule has 0 saturated heterocycles. The number of hydrogen-bond acceptors (Lipinski definition) is 5. The van der Waals surface area contributed by atoms with Crippen molar-refractivity contribution in [3.05, 3.63) is 18.2 Å². The van der Waals surface area contributed by atoms with Crippen LogP contribution in [0.15, 0.2) is 18.2 Å². The summed E-state index contributed by atoms with van der Waals surface area (Å²) in [6.45, 7) is 5.08. The van der Waals surface area contributed by atoms with Gasteiger partial charge >= 0.3 is 0 Å². The Kier molecular flexibility index (Phi) is 7.68. The Morgan fingerprint density at radius 3 is 2.04 bits per heavy atom. The number of carbonyl (C=O) groups is 1. The molecule has 3 N–H and O–H groups in total. The second-order valence-corrected chi connectivity index (χ2v) is 5.34. The molecule has 1 rings (SSSR count). The van der Waals surface area contributed by atoms with E-state index in [1.165, 1.54) is 0 Å². The van der Waals surface area contributed by atoms with Crippen molar-refractivity contribution in [1.29, 1.82) is 0 Å². The van der Waals surface area contributed by atoms with E-state index >= 15 is 0 Å². The van der Waals surface area contributed by atoms with Gasteiger partial charge in [0.15, 0.2) is 0 Å². The van der Waals surface area contributed by atoms with Gasteiger partial charge in [-0.25, -0.2) is 0 Å². The van der Waals surface area contributed by atoms with Gasteiger partial charge < -0.3 is 25.3 Å². The first-order valence-corrected chi connectivity index (χ1v) is 7.89. The Bertz CT molecular complexity index is 471. The molecule has 0 atom stereocenters. The van der Waals surface area contributed by atoms with Gasteiger partial charge in [-0.15, -0.1) is 0 Å². The molecule has 0 bridgehead atoms. The smallest absolute Gasteiger partial charge is 0.227 e. The number of hydrogen-bond donors (Lipinski definition) is 2. The number of rotatable bonds is 10. The fourth-order valence-electron chi connectivity index (χ4n) is 2.34. The molecule has 0 spiro atoms. The zero-order valence-corrected chi connectivity index (χ0v) is 14.5. The lowest BCUT2D eigenvalue weighted by Gasteiger charge is -2.28. The van der Waals surface area contributed by atoms with Crippen LogP contribution >= 0.6 is 0 Å². The molecule has 0 aliphatic heterocycles. The van der Waals surface area contributed by atoms with Crippen LogP contribution in [0.4, 0.5) is 0 Å². The van der Waals surface area contributed by atoms with E-state index in [0.29, 0.717) is 36.9 Å². The molecular weight excluding hydrogens is 296 g/mol. The van der Waals surface area contributed by atoms with Crippen LogP contribution in [-0.4, -0.2) is 39.8 Å². The van der Waals surface area contributed by atoms with Gasteiger partial charge in [0, 0.05) is 24.7 Å². The van der Waals surface area contributed by atoms with Gasteiger partial charge in [-0.2, -0.15) is 0 Å². The maximum atomic E-state index is 12.3. The van der Waals surface area contributed by atoms with E-state index in [4.69, 9.17) is 19.9 Å². The van der Waals surface area contributed by atoms with Crippen LogP contribution in [0.3, 0.4) is 0 Å². The van der Waals surface area contributed by atoms with Crippen LogP contribution < -0.4 is 25.3 Å². The number of benzene rings is 1. The van der Waals surface area contributed by atoms with Crippen molar-refractivity contribution in [2.45, 2.75) is 26.7 Å². The molecule has 0 aliphatic rings. The highest BCUT2D eigenvalue weighted by Crippen LogP contribution is 2.27. The van der Waals surface area contributed by atoms with Crippen molar-refractivity contribution in [2.24, 2.45) is 11.1 Å². The second kappa shape index (κ2) is 9.25. The van der Waals surface area contributed by atoms with E-state index in [1.807, 2.05) is 13.8 Å². The molecule has 0 saturated carbocycles. The summed E-state index contributed by atoms with van der Waals surface area (Å²) >= 11 is 0. The molecule has 0 heterocycles. The lowest BCUT2D eigenvalue weighted by molar-refractivity contribution is -0.131. The van der Waals surface area contributed by atoms with E-state index < -0.39 is 5.41 Å². The van der Waals surface area contributed by atoms with E-state index in [1.54, 1.807) is 32.4 Å². The molecule has 0 fully saturated rings. The van der Waals surface area contributed by atoms with Gasteiger partial charge in [0.1, 0.15) is 23.9 Å². The Labute approximate surface area is 138 Å². The van der Waals surface area contributed by atoms with Crippen molar-refractivity contribution >= 4 is 5.91 Å². The number of ether oxygens (including phenoxy) is 3. The maximum absolute atomic E-state index is 12.3. The van der Waals surface area contributed by atoms with Gasteiger partial charge in [0.05, 0.1) is 26.2 Å². The monoisotopic (exact) mass is 324 g/mol. The van der Waals surface area contributed by atoms with E-state index in [0.717, 1.165) is 12.8 Å². The standard InChI is InChI=1S/C17H28N2O4/c1-5-17(6-2,12-18)16(20)19-7-8-23-15-10-13(21-3)9-14(11-15)22-4/h9-11H,5-8,12,18H2,1-4H3,(H,19,20). The predicted octanol–water partition coefficient (Wildman–Crippen LogP) is 1.96. The van der Waals surface area contributed by atoms with E-state index in [2.05, 4.69) is 5.32 Å². The summed E-state index contributed by atoms with van der Waals surface area (Å²) in [5.41, 5.74) is 5.28. The predicted molar refractivity (Wildman–Crippen MR) is 90.1 cm³/mol. The number of methoxy groups -OCH3 is 2. The van der Waals surface area contributed by atoms with Crippen molar-refractivity contribution in [1.82, 2.24) is 5.32 Å². The zero-order valence-electron chi connectivity index (χ0n) is 14.5. The summed E-state index contributed by atoms with van der Waals surface area (Å²) in [6, 6.07) is 5.31. The summed E-state index contributed by atoms with van der Waals surface area (Å²) in [4.78, 5) is 12.3. The average Bonchev–Trinajstić information content (AvgIpc) is 2.60. The fraction of sp³-hybridized carbons (Fsp3) is 0.588. The summed E-state index contributed by atoms with van der Waals surface area (Å²) in [6.07, 6.45) is 1.44. The highest BCUT2D eigenvalue weighted by molar-refractivity contribution is 5.82. The van der Waals surface area contributed by atoms with Crippen molar-refractivity contribution in [3.8, 4) is 17.2 Å². The molecule has 0 radical (unpaired) electrons. The van der Waals surface area contributed by atoms with Crippen LogP contribution in [0, 0.1) is 5.41 Å². The lowest BCUT2D eigenvalue weighted by Crippen LogP contribution is -2.46. The summed E-state index contributed by atoms with van der Waals surface area (Å²) in [5.74, 6) is 1.92. The first-order chi connectivity index (χ1) is 11.0. The van der Waals surface area contributed by atoms with Gasteiger partial charge in [-0.05, 0) is 12.8 Å². The third-order valence-electron chi connectivity index (χ3n) is 4.21. The first kappa shape index (κ1) is 19.1. The summed E-state index contributed by atoms with van der Waals surface area (Å²) in [7, 11) is 3.17. The molecule has 6 heteroatoms. The number of nitrogens with two attached hydrogens (primary N) is 1. The molecule has 1 aromatic rings. The highest BCUT2D eigenvalue weighted by atomic mass is 16.5. The first-order valence-electron chi connectivity index (χ1n) is 7.89. The minimum Gasteiger partial charge on any atom is -0.496 e. The van der Waals surface area contributed by atoms with Gasteiger partial charge in [0.25, 0.3) is 0 Å². The Morgan fingerprint density at radius 1 is 1.09 bits per heavy atom. The Hall–Kier alpha value is -1.95. The molecular formula is C17H28N2O4. The quantitative estimate of drug-likeness (QED) is 0.643. The Morgan fingerprint density at radius 2 is 1.61 bits per heavy atom. The fourth-order valence-corrected chi connectivity index (χ4v) is 2.34. The number of carbonyl (C=O) groups excluding carboxylic acids is 1. The average molecular weight is 324 g/mol. The minimum absolute atomic E-state index is 0.0168. The summed E-state index contributed by atoms with van der Waals surface area (Å²) < 4.78 is 16.0. The third-order valence-corrected chi connectivity index (χ3v) is 4.21. The molecule has 0 aliphatic carbocycles. The van der Waals surface area contributed by atoms with Crippen LogP contribution in [0.2, 0.25) is 0 Å². The second-order valence-electron chi connectivity index (χ2n) is 5.34. The third kappa shape index (κ3) is 5.03. The van der Waals surface area contributed by atoms with E-state index in [9.17, 15) is 4.79 Å². The van der Waals surface area contributed by atoms with Gasteiger partial charge in [-0.1, -0.05) is 13.8 Å². The van der Waals surface area contributed by atoms with E-state index in [-0.39, 0.29) is 5.91 Å². The molecule has 1 aromatic carbocycles. The molecule has 0 aromatic heterocycles. The zero-order chi connectivity index (χ0) is 17.3. The summed E-state index contributed by atoms with van der Waals surface area (Å²) in [5, 5.41) is 2.90. The number of nitrogens with one attached hydrogen (secondary N) is 1. The number of amides is 1. The van der Waals surface area contributed by atoms with Crippen molar-refractivity contribution in [2.75, 3.05) is 33.9 Å². The molecule has 23 heavy (non-hydrogen) atoms. The van der Waals surface area contributed by atoms with Crippen LogP contribution in [-0.2, 0) is 4.79 Å². The van der Waals surface area contributed by atoms with Crippen molar-refractivity contribution < 1.29 is 19.0 Å². The van der Waals surface area contributed by atoms with Gasteiger partial charge in [-0.3, -0.25) is 4.79 Å². The Balaban J connectivity index is 2.53. The molecule has 6 nitrogen and oxygen atoms in total. The van der Waals surface area contributed by atoms with Crippen molar-refractivity contribution in [3.63, 3.8) is 0 Å². The van der Waals surface area contributed by atoms with Crippen LogP contribution in [0.5, 0.6) is 17.2 Å². The molecule has 1 amide bonds.